The molecule has 0 aromatic heterocycles. The van der Waals surface area contributed by atoms with Crippen molar-refractivity contribution in [2.24, 2.45) is 0 Å². The Morgan fingerprint density at radius 3 is 2.75 bits per heavy atom. The van der Waals surface area contributed by atoms with E-state index in [1.807, 2.05) is 0 Å². The zero-order chi connectivity index (χ0) is 14.9. The highest BCUT2D eigenvalue weighted by Crippen LogP contribution is 2.40. The molecule has 1 aromatic carbocycles. The van der Waals surface area contributed by atoms with E-state index in [-0.39, 0.29) is 18.0 Å². The molecule has 2 rings (SSSR count). The maximum Gasteiger partial charge on any atom is 0.416 e. The number of thioether (sulfide) groups is 1. The summed E-state index contributed by atoms with van der Waals surface area (Å²) in [7, 11) is 1.46. The van der Waals surface area contributed by atoms with Gasteiger partial charge in [0.1, 0.15) is 0 Å². The number of carbonyl (C=O) groups is 2. The van der Waals surface area contributed by atoms with E-state index in [1.165, 1.54) is 13.1 Å². The Balaban J connectivity index is 2.23. The molecule has 0 bridgehead atoms. The van der Waals surface area contributed by atoms with Gasteiger partial charge in [-0.2, -0.15) is 13.2 Å². The first-order chi connectivity index (χ1) is 9.31. The van der Waals surface area contributed by atoms with Crippen molar-refractivity contribution in [2.75, 3.05) is 12.4 Å². The van der Waals surface area contributed by atoms with Crippen molar-refractivity contribution in [1.82, 2.24) is 5.32 Å². The van der Waals surface area contributed by atoms with Crippen LogP contribution in [0.1, 0.15) is 12.0 Å². The number of halogens is 3. The van der Waals surface area contributed by atoms with Crippen molar-refractivity contribution >= 4 is 29.3 Å². The number of alkyl halides is 3. The fourth-order valence-electron chi connectivity index (χ4n) is 1.73. The molecule has 1 atom stereocenters. The van der Waals surface area contributed by atoms with Gasteiger partial charge in [-0.3, -0.25) is 9.59 Å². The summed E-state index contributed by atoms with van der Waals surface area (Å²) in [5, 5.41) is 4.18. The highest BCUT2D eigenvalue weighted by molar-refractivity contribution is 8.01. The highest BCUT2D eigenvalue weighted by atomic mass is 32.2. The number of carbonyl (C=O) groups excluding carboxylic acids is 2. The number of fused-ring (bicyclic) bond motifs is 1. The molecule has 0 saturated carbocycles. The van der Waals surface area contributed by atoms with Crippen LogP contribution in [-0.4, -0.2) is 24.1 Å². The summed E-state index contributed by atoms with van der Waals surface area (Å²) < 4.78 is 37.7. The van der Waals surface area contributed by atoms with Gasteiger partial charge in [0.15, 0.2) is 0 Å². The summed E-state index contributed by atoms with van der Waals surface area (Å²) in [6, 6.07) is 3.16. The second kappa shape index (κ2) is 5.35. The van der Waals surface area contributed by atoms with Crippen LogP contribution in [0.4, 0.5) is 18.9 Å². The minimum atomic E-state index is -4.45. The second-order valence-corrected chi connectivity index (χ2v) is 5.43. The highest BCUT2D eigenvalue weighted by Gasteiger charge is 2.34. The maximum absolute atomic E-state index is 12.6. The number of rotatable bonds is 2. The molecule has 0 radical (unpaired) electrons. The van der Waals surface area contributed by atoms with E-state index in [0.29, 0.717) is 4.90 Å². The first kappa shape index (κ1) is 14.7. The lowest BCUT2D eigenvalue weighted by molar-refractivity contribution is -0.137. The largest absolute Gasteiger partial charge is 0.416 e. The molecule has 1 aliphatic rings. The summed E-state index contributed by atoms with van der Waals surface area (Å²) in [4.78, 5) is 23.6. The molecule has 8 heteroatoms. The van der Waals surface area contributed by atoms with E-state index in [9.17, 15) is 22.8 Å². The average molecular weight is 304 g/mol. The Hall–Kier alpha value is -1.70. The molecule has 1 aliphatic heterocycles. The molecule has 0 aliphatic carbocycles. The second-order valence-electron chi connectivity index (χ2n) is 4.18. The van der Waals surface area contributed by atoms with E-state index in [1.54, 1.807) is 0 Å². The minimum absolute atomic E-state index is 0.0204. The average Bonchev–Trinajstić information content (AvgIpc) is 2.37. The van der Waals surface area contributed by atoms with E-state index in [4.69, 9.17) is 0 Å². The van der Waals surface area contributed by atoms with Gasteiger partial charge in [0.25, 0.3) is 0 Å². The number of hydrogen-bond donors (Lipinski definition) is 2. The lowest BCUT2D eigenvalue weighted by Crippen LogP contribution is -2.33. The first-order valence-corrected chi connectivity index (χ1v) is 6.58. The van der Waals surface area contributed by atoms with Crippen molar-refractivity contribution in [1.29, 1.82) is 0 Å². The van der Waals surface area contributed by atoms with E-state index in [0.717, 1.165) is 23.9 Å². The van der Waals surface area contributed by atoms with E-state index in [2.05, 4.69) is 10.6 Å². The van der Waals surface area contributed by atoms with Gasteiger partial charge in [0.05, 0.1) is 16.5 Å². The Morgan fingerprint density at radius 1 is 1.45 bits per heavy atom. The van der Waals surface area contributed by atoms with E-state index < -0.39 is 22.9 Å². The molecule has 108 valence electrons. The van der Waals surface area contributed by atoms with Crippen LogP contribution in [0.2, 0.25) is 0 Å². The Bertz CT molecular complexity index is 560. The van der Waals surface area contributed by atoms with Crippen LogP contribution in [-0.2, 0) is 15.8 Å². The zero-order valence-electron chi connectivity index (χ0n) is 10.4. The van der Waals surface area contributed by atoms with E-state index >= 15 is 0 Å². The third kappa shape index (κ3) is 3.06. The van der Waals surface area contributed by atoms with Gasteiger partial charge in [-0.05, 0) is 18.2 Å². The minimum Gasteiger partial charge on any atom is -0.359 e. The number of anilines is 1. The number of amides is 2. The molecule has 2 amide bonds. The maximum atomic E-state index is 12.6. The molecule has 1 aromatic rings. The molecule has 20 heavy (non-hydrogen) atoms. The fraction of sp³-hybridized carbons (Fsp3) is 0.333. The molecule has 0 fully saturated rings. The molecule has 1 heterocycles. The number of hydrogen-bond acceptors (Lipinski definition) is 3. The SMILES string of the molecule is CNC(=O)C[C@H]1Sc2ccc(C(F)(F)F)cc2NC1=O. The van der Waals surface area contributed by atoms with Crippen molar-refractivity contribution in [2.45, 2.75) is 22.7 Å². The Morgan fingerprint density at radius 2 is 2.15 bits per heavy atom. The fourth-order valence-corrected chi connectivity index (χ4v) is 2.82. The summed E-state index contributed by atoms with van der Waals surface area (Å²) >= 11 is 1.09. The summed E-state index contributed by atoms with van der Waals surface area (Å²) in [5.74, 6) is -0.765. The topological polar surface area (TPSA) is 58.2 Å². The predicted molar refractivity (Wildman–Crippen MR) is 68.4 cm³/mol. The van der Waals surface area contributed by atoms with Gasteiger partial charge in [0, 0.05) is 18.4 Å². The van der Waals surface area contributed by atoms with Crippen molar-refractivity contribution in [3.8, 4) is 0 Å². The van der Waals surface area contributed by atoms with Crippen LogP contribution in [0.25, 0.3) is 0 Å². The van der Waals surface area contributed by atoms with Crippen molar-refractivity contribution < 1.29 is 22.8 Å². The molecule has 0 saturated heterocycles. The third-order valence-electron chi connectivity index (χ3n) is 2.78. The quantitative estimate of drug-likeness (QED) is 0.881. The smallest absolute Gasteiger partial charge is 0.359 e. The van der Waals surface area contributed by atoms with Crippen LogP contribution < -0.4 is 10.6 Å². The van der Waals surface area contributed by atoms with Crippen LogP contribution in [0.5, 0.6) is 0 Å². The number of benzene rings is 1. The van der Waals surface area contributed by atoms with Crippen molar-refractivity contribution in [3.05, 3.63) is 23.8 Å². The zero-order valence-corrected chi connectivity index (χ0v) is 11.2. The summed E-state index contributed by atoms with van der Waals surface area (Å²) in [6.45, 7) is 0. The Labute approximate surface area is 117 Å². The van der Waals surface area contributed by atoms with Gasteiger partial charge < -0.3 is 10.6 Å². The Kier molecular flexibility index (Phi) is 3.94. The monoisotopic (exact) mass is 304 g/mol. The summed E-state index contributed by atoms with van der Waals surface area (Å²) in [5.41, 5.74) is -0.690. The van der Waals surface area contributed by atoms with Gasteiger partial charge >= 0.3 is 6.18 Å². The molecule has 0 spiro atoms. The lowest BCUT2D eigenvalue weighted by Gasteiger charge is -2.24. The molecular weight excluding hydrogens is 293 g/mol. The van der Waals surface area contributed by atoms with Crippen LogP contribution in [0, 0.1) is 0 Å². The normalized spacial score (nSPS) is 18.2. The van der Waals surface area contributed by atoms with Gasteiger partial charge in [-0.15, -0.1) is 11.8 Å². The summed E-state index contributed by atoms with van der Waals surface area (Å²) in [6.07, 6.45) is -4.48. The third-order valence-corrected chi connectivity index (χ3v) is 4.05. The lowest BCUT2D eigenvalue weighted by atomic mass is 10.1. The number of nitrogens with one attached hydrogen (secondary N) is 2. The molecule has 0 unspecified atom stereocenters. The van der Waals surface area contributed by atoms with Crippen LogP contribution >= 0.6 is 11.8 Å². The van der Waals surface area contributed by atoms with Crippen LogP contribution in [0.3, 0.4) is 0 Å². The van der Waals surface area contributed by atoms with Gasteiger partial charge in [-0.1, -0.05) is 0 Å². The molecular formula is C12H11F3N2O2S. The van der Waals surface area contributed by atoms with Gasteiger partial charge in [0.2, 0.25) is 11.8 Å². The standard InChI is InChI=1S/C12H11F3N2O2S/c1-16-10(18)5-9-11(19)17-7-4-6(12(13,14)15)2-3-8(7)20-9/h2-4,9H,5H2,1H3,(H,16,18)(H,17,19)/t9-/m1/s1. The molecule has 4 nitrogen and oxygen atoms in total. The molecule has 2 N–H and O–H groups in total. The van der Waals surface area contributed by atoms with Crippen molar-refractivity contribution in [3.63, 3.8) is 0 Å². The van der Waals surface area contributed by atoms with Gasteiger partial charge in [-0.25, -0.2) is 0 Å². The first-order valence-electron chi connectivity index (χ1n) is 5.70. The predicted octanol–water partition coefficient (Wildman–Crippen LogP) is 2.25. The van der Waals surface area contributed by atoms with Crippen LogP contribution in [0.15, 0.2) is 23.1 Å².